The van der Waals surface area contributed by atoms with Gasteiger partial charge < -0.3 is 9.47 Å². The van der Waals surface area contributed by atoms with Gasteiger partial charge in [-0.2, -0.15) is 0 Å². The molecule has 65 heavy (non-hydrogen) atoms. The summed E-state index contributed by atoms with van der Waals surface area (Å²) in [5.74, 6) is 0. The monoisotopic (exact) mass is 844 g/mol. The fourth-order valence-electron chi connectivity index (χ4n) is 9.93. The first-order valence-electron chi connectivity index (χ1n) is 22.2. The second-order valence-electron chi connectivity index (χ2n) is 16.9. The molecule has 0 saturated carbocycles. The molecule has 0 fully saturated rings. The van der Waals surface area contributed by atoms with Crippen LogP contribution in [0.4, 0.5) is 17.1 Å². The van der Waals surface area contributed by atoms with Gasteiger partial charge in [0.25, 0.3) is 0 Å². The van der Waals surface area contributed by atoms with Gasteiger partial charge in [-0.25, -0.2) is 0 Å². The molecule has 0 spiro atoms. The number of thiophene rings is 1. The number of hydrogen-bond donors (Lipinski definition) is 0. The quantitative estimate of drug-likeness (QED) is 0.155. The van der Waals surface area contributed by atoms with Crippen molar-refractivity contribution in [3.8, 4) is 39.1 Å². The first-order valence-corrected chi connectivity index (χ1v) is 23.0. The average molecular weight is 845 g/mol. The van der Waals surface area contributed by atoms with E-state index in [0.29, 0.717) is 0 Å². The summed E-state index contributed by atoms with van der Waals surface area (Å²) in [6.45, 7) is 0. The van der Waals surface area contributed by atoms with Crippen LogP contribution >= 0.6 is 11.3 Å². The first kappa shape index (κ1) is 37.3. The highest BCUT2D eigenvalue weighted by atomic mass is 32.1. The molecule has 11 aromatic carbocycles. The number of rotatable bonds is 7. The van der Waals surface area contributed by atoms with Gasteiger partial charge in [-0.1, -0.05) is 164 Å². The molecule has 13 aromatic rings. The normalized spacial score (nSPS) is 11.7. The molecule has 0 amide bonds. The predicted octanol–water partition coefficient (Wildman–Crippen LogP) is 17.9. The molecule has 0 unspecified atom stereocenters. The summed E-state index contributed by atoms with van der Waals surface area (Å²) in [5.41, 5.74) is 14.1. The second-order valence-corrected chi connectivity index (χ2v) is 18.0. The van der Waals surface area contributed by atoms with Crippen molar-refractivity contribution >= 4 is 91.9 Å². The Bertz CT molecular complexity index is 3920. The van der Waals surface area contributed by atoms with E-state index >= 15 is 0 Å². The number of aromatic nitrogens is 1. The Morgan fingerprint density at radius 3 is 1.49 bits per heavy atom. The summed E-state index contributed by atoms with van der Waals surface area (Å²) >= 11 is 1.86. The van der Waals surface area contributed by atoms with Gasteiger partial charge in [0.05, 0.1) is 11.0 Å². The van der Waals surface area contributed by atoms with Crippen molar-refractivity contribution in [2.24, 2.45) is 0 Å². The molecular weight excluding hydrogens is 805 g/mol. The zero-order chi connectivity index (χ0) is 42.8. The van der Waals surface area contributed by atoms with E-state index in [4.69, 9.17) is 0 Å². The van der Waals surface area contributed by atoms with Gasteiger partial charge in [-0.05, 0) is 128 Å². The molecule has 13 rings (SSSR count). The molecule has 0 N–H and O–H groups in total. The summed E-state index contributed by atoms with van der Waals surface area (Å²) in [4.78, 5) is 2.37. The van der Waals surface area contributed by atoms with E-state index in [9.17, 15) is 0 Å². The van der Waals surface area contributed by atoms with E-state index in [1.165, 1.54) is 96.9 Å². The second kappa shape index (κ2) is 15.2. The van der Waals surface area contributed by atoms with Gasteiger partial charge in [0.1, 0.15) is 0 Å². The zero-order valence-electron chi connectivity index (χ0n) is 35.4. The number of anilines is 3. The molecule has 2 aromatic heterocycles. The van der Waals surface area contributed by atoms with Gasteiger partial charge in [0.2, 0.25) is 0 Å². The Morgan fingerprint density at radius 1 is 0.292 bits per heavy atom. The zero-order valence-corrected chi connectivity index (χ0v) is 36.2. The summed E-state index contributed by atoms with van der Waals surface area (Å²) < 4.78 is 5.09. The fraction of sp³-hybridized carbons (Fsp3) is 0. The SMILES string of the molecule is c1ccc(-n2c3cc(-c4ccc(N(c5ccc(-c6ccc7ccccc7c6)cc5)c5ccc(-c6ccc7sc8ccccc8c7c6)cc5)cc4)ccc3c3ccc4ccccc4c32)cc1. The molecule has 0 saturated heterocycles. The highest BCUT2D eigenvalue weighted by Crippen LogP contribution is 2.42. The van der Waals surface area contributed by atoms with Crippen LogP contribution < -0.4 is 4.90 Å². The molecule has 0 radical (unpaired) electrons. The van der Waals surface area contributed by atoms with E-state index in [0.717, 1.165) is 22.7 Å². The fourth-order valence-corrected chi connectivity index (χ4v) is 11.0. The summed E-state index contributed by atoms with van der Waals surface area (Å²) in [5, 5.41) is 10.1. The Morgan fingerprint density at radius 2 is 0.785 bits per heavy atom. The van der Waals surface area contributed by atoms with Crippen LogP contribution in [0.1, 0.15) is 0 Å². The summed E-state index contributed by atoms with van der Waals surface area (Å²) in [6.07, 6.45) is 0. The lowest BCUT2D eigenvalue weighted by Crippen LogP contribution is -2.09. The van der Waals surface area contributed by atoms with Crippen molar-refractivity contribution < 1.29 is 0 Å². The van der Waals surface area contributed by atoms with Crippen molar-refractivity contribution in [1.82, 2.24) is 4.57 Å². The standard InChI is InChI=1S/C62H40N2S/c1-2-13-50(14-3-1)64-59-40-49(27-35-55(59)57-36-26-45-11-6-7-15-54(45)62(57)64)44-24-33-53(34-25-44)63(51-29-20-42(21-30-51)47-19-18-41-10-4-5-12-46(41)38-47)52-31-22-43(23-32-52)48-28-37-61-58(39-48)56-16-8-9-17-60(56)65-61/h1-40H. The van der Waals surface area contributed by atoms with Crippen LogP contribution in [-0.4, -0.2) is 4.57 Å². The largest absolute Gasteiger partial charge is 0.311 e. The van der Waals surface area contributed by atoms with Gasteiger partial charge >= 0.3 is 0 Å². The van der Waals surface area contributed by atoms with E-state index in [1.807, 2.05) is 11.3 Å². The van der Waals surface area contributed by atoms with Gasteiger partial charge in [0, 0.05) is 59.1 Å². The maximum atomic E-state index is 2.44. The summed E-state index contributed by atoms with van der Waals surface area (Å²) in [7, 11) is 0. The maximum absolute atomic E-state index is 2.44. The van der Waals surface area contributed by atoms with Crippen LogP contribution in [-0.2, 0) is 0 Å². The van der Waals surface area contributed by atoms with Crippen LogP contribution in [0.25, 0.3) is 103 Å². The molecule has 0 aliphatic heterocycles. The maximum Gasteiger partial charge on any atom is 0.0619 e. The minimum Gasteiger partial charge on any atom is -0.311 e. The smallest absolute Gasteiger partial charge is 0.0619 e. The van der Waals surface area contributed by atoms with E-state index in [2.05, 4.69) is 252 Å². The molecular formula is C62H40N2S. The molecule has 0 aliphatic carbocycles. The number of fused-ring (bicyclic) bond motifs is 9. The molecule has 3 heteroatoms. The topological polar surface area (TPSA) is 8.17 Å². The van der Waals surface area contributed by atoms with E-state index < -0.39 is 0 Å². The highest BCUT2D eigenvalue weighted by molar-refractivity contribution is 7.25. The van der Waals surface area contributed by atoms with Crippen molar-refractivity contribution in [3.63, 3.8) is 0 Å². The predicted molar refractivity (Wildman–Crippen MR) is 280 cm³/mol. The van der Waals surface area contributed by atoms with Crippen molar-refractivity contribution in [3.05, 3.63) is 243 Å². The number of nitrogens with zero attached hydrogens (tertiary/aromatic N) is 2. The lowest BCUT2D eigenvalue weighted by molar-refractivity contribution is 1.19. The lowest BCUT2D eigenvalue weighted by Gasteiger charge is -2.26. The minimum atomic E-state index is 1.09. The van der Waals surface area contributed by atoms with Gasteiger partial charge in [0.15, 0.2) is 0 Å². The molecule has 0 aliphatic rings. The molecule has 0 bridgehead atoms. The first-order chi connectivity index (χ1) is 32.2. The Labute approximate surface area is 381 Å². The molecule has 304 valence electrons. The highest BCUT2D eigenvalue weighted by Gasteiger charge is 2.18. The number of benzene rings is 11. The van der Waals surface area contributed by atoms with Crippen molar-refractivity contribution in [1.29, 1.82) is 0 Å². The minimum absolute atomic E-state index is 1.09. The number of hydrogen-bond acceptors (Lipinski definition) is 2. The lowest BCUT2D eigenvalue weighted by atomic mass is 10.00. The molecule has 0 atom stereocenters. The van der Waals surface area contributed by atoms with Gasteiger partial charge in [-0.3, -0.25) is 0 Å². The third-order valence-corrected chi connectivity index (χ3v) is 14.3. The molecule has 2 nitrogen and oxygen atoms in total. The Hall–Kier alpha value is -8.24. The Balaban J connectivity index is 0.898. The van der Waals surface area contributed by atoms with Crippen molar-refractivity contribution in [2.45, 2.75) is 0 Å². The summed E-state index contributed by atoms with van der Waals surface area (Å²) in [6, 6.07) is 89.0. The third-order valence-electron chi connectivity index (χ3n) is 13.2. The number of para-hydroxylation sites is 1. The average Bonchev–Trinajstić information content (AvgIpc) is 3.92. The van der Waals surface area contributed by atoms with E-state index in [1.54, 1.807) is 0 Å². The van der Waals surface area contributed by atoms with Crippen LogP contribution in [0.2, 0.25) is 0 Å². The van der Waals surface area contributed by atoms with Crippen LogP contribution in [0.3, 0.4) is 0 Å². The van der Waals surface area contributed by atoms with Crippen LogP contribution in [0.15, 0.2) is 243 Å². The van der Waals surface area contributed by atoms with Crippen molar-refractivity contribution in [2.75, 3.05) is 4.90 Å². The third kappa shape index (κ3) is 6.39. The van der Waals surface area contributed by atoms with Gasteiger partial charge in [-0.15, -0.1) is 11.3 Å². The van der Waals surface area contributed by atoms with Crippen LogP contribution in [0.5, 0.6) is 0 Å². The molecule has 2 heterocycles. The van der Waals surface area contributed by atoms with Crippen LogP contribution in [0, 0.1) is 0 Å². The van der Waals surface area contributed by atoms with E-state index in [-0.39, 0.29) is 0 Å². The Kier molecular flexibility index (Phi) is 8.75.